The molecule has 2 unspecified atom stereocenters. The van der Waals surface area contributed by atoms with Crippen LogP contribution in [0.2, 0.25) is 0 Å². The molecule has 1 aliphatic heterocycles. The number of nitrogens with one attached hydrogen (secondary N) is 2. The van der Waals surface area contributed by atoms with Gasteiger partial charge in [-0.2, -0.15) is 0 Å². The van der Waals surface area contributed by atoms with Crippen LogP contribution in [0.15, 0.2) is 0 Å². The number of carbonyl (C=O) groups is 1. The first-order valence-electron chi connectivity index (χ1n) is 5.65. The molecule has 16 heavy (non-hydrogen) atoms. The molecule has 1 fully saturated rings. The summed E-state index contributed by atoms with van der Waals surface area (Å²) in [5.74, 6) is 1.18. The summed E-state index contributed by atoms with van der Waals surface area (Å²) < 4.78 is 16.4. The van der Waals surface area contributed by atoms with Crippen LogP contribution in [0.1, 0.15) is 13.3 Å². The number of carbonyl (C=O) groups excluding carboxylic acids is 1. The van der Waals surface area contributed by atoms with E-state index in [1.54, 1.807) is 0 Å². The smallest absolute Gasteiger partial charge is 0.221 e. The van der Waals surface area contributed by atoms with Crippen molar-refractivity contribution in [2.75, 3.05) is 37.8 Å². The average Bonchev–Trinajstić information content (AvgIpc) is 2.30. The second kappa shape index (κ2) is 7.76. The first-order chi connectivity index (χ1) is 7.72. The van der Waals surface area contributed by atoms with Crippen molar-refractivity contribution in [3.63, 3.8) is 0 Å². The van der Waals surface area contributed by atoms with Gasteiger partial charge in [-0.05, 0) is 0 Å². The zero-order chi connectivity index (χ0) is 11.8. The molecule has 2 N–H and O–H groups in total. The monoisotopic (exact) mass is 248 g/mol. The molecular formula is C10H20N2O3S. The van der Waals surface area contributed by atoms with Gasteiger partial charge in [-0.15, -0.1) is 0 Å². The van der Waals surface area contributed by atoms with E-state index in [0.29, 0.717) is 37.7 Å². The van der Waals surface area contributed by atoms with E-state index in [4.69, 9.17) is 4.74 Å². The van der Waals surface area contributed by atoms with Crippen LogP contribution in [0.4, 0.5) is 0 Å². The Hall–Kier alpha value is -0.460. The highest BCUT2D eigenvalue weighted by Crippen LogP contribution is 1.97. The minimum Gasteiger partial charge on any atom is -0.378 e. The van der Waals surface area contributed by atoms with Gasteiger partial charge >= 0.3 is 0 Å². The molecule has 0 aromatic heterocycles. The molecule has 1 rings (SSSR count). The Morgan fingerprint density at radius 3 is 3.06 bits per heavy atom. The van der Waals surface area contributed by atoms with Gasteiger partial charge in [0.1, 0.15) is 0 Å². The number of rotatable bonds is 6. The van der Waals surface area contributed by atoms with Crippen molar-refractivity contribution in [2.24, 2.45) is 0 Å². The molecule has 1 aliphatic rings. The van der Waals surface area contributed by atoms with E-state index in [-0.39, 0.29) is 11.9 Å². The van der Waals surface area contributed by atoms with Gasteiger partial charge in [0.25, 0.3) is 0 Å². The summed E-state index contributed by atoms with van der Waals surface area (Å²) in [5.41, 5.74) is 0. The van der Waals surface area contributed by atoms with Crippen LogP contribution in [0.25, 0.3) is 0 Å². The lowest BCUT2D eigenvalue weighted by atomic mass is 10.2. The van der Waals surface area contributed by atoms with Gasteiger partial charge < -0.3 is 15.4 Å². The number of hydrogen-bond acceptors (Lipinski definition) is 4. The molecule has 2 atom stereocenters. The van der Waals surface area contributed by atoms with Crippen LogP contribution in [-0.2, 0) is 20.3 Å². The van der Waals surface area contributed by atoms with Crippen molar-refractivity contribution in [1.82, 2.24) is 10.6 Å². The molecular weight excluding hydrogens is 228 g/mol. The predicted molar refractivity (Wildman–Crippen MR) is 63.8 cm³/mol. The van der Waals surface area contributed by atoms with E-state index in [2.05, 4.69) is 10.6 Å². The van der Waals surface area contributed by atoms with Crippen LogP contribution in [0.5, 0.6) is 0 Å². The molecule has 1 amide bonds. The maximum Gasteiger partial charge on any atom is 0.221 e. The molecule has 5 nitrogen and oxygen atoms in total. The lowest BCUT2D eigenvalue weighted by Gasteiger charge is -2.23. The molecule has 1 saturated heterocycles. The van der Waals surface area contributed by atoms with Gasteiger partial charge in [0, 0.05) is 47.9 Å². The van der Waals surface area contributed by atoms with Crippen LogP contribution in [0, 0.1) is 0 Å². The lowest BCUT2D eigenvalue weighted by Crippen LogP contribution is -2.44. The van der Waals surface area contributed by atoms with E-state index in [0.717, 1.165) is 6.54 Å². The highest BCUT2D eigenvalue weighted by molar-refractivity contribution is 7.84. The van der Waals surface area contributed by atoms with Gasteiger partial charge in [-0.1, -0.05) is 6.92 Å². The zero-order valence-electron chi connectivity index (χ0n) is 9.66. The highest BCUT2D eigenvalue weighted by atomic mass is 32.2. The second-order valence-electron chi connectivity index (χ2n) is 3.71. The minimum atomic E-state index is -0.805. The van der Waals surface area contributed by atoms with Crippen molar-refractivity contribution in [1.29, 1.82) is 0 Å². The molecule has 94 valence electrons. The van der Waals surface area contributed by atoms with Crippen molar-refractivity contribution in [2.45, 2.75) is 19.4 Å². The lowest BCUT2D eigenvalue weighted by molar-refractivity contribution is -0.122. The third-order valence-electron chi connectivity index (χ3n) is 2.40. The van der Waals surface area contributed by atoms with E-state index in [1.165, 1.54) is 0 Å². The van der Waals surface area contributed by atoms with Crippen LogP contribution in [0.3, 0.4) is 0 Å². The first kappa shape index (κ1) is 13.6. The van der Waals surface area contributed by atoms with E-state index in [9.17, 15) is 9.00 Å². The maximum atomic E-state index is 11.5. The van der Waals surface area contributed by atoms with Crippen molar-refractivity contribution < 1.29 is 13.7 Å². The number of morpholine rings is 1. The van der Waals surface area contributed by atoms with Crippen molar-refractivity contribution >= 4 is 16.7 Å². The zero-order valence-corrected chi connectivity index (χ0v) is 10.5. The Bertz CT molecular complexity index is 242. The quantitative estimate of drug-likeness (QED) is 0.649. The summed E-state index contributed by atoms with van der Waals surface area (Å²) in [6.45, 7) is 4.48. The van der Waals surface area contributed by atoms with Crippen LogP contribution in [-0.4, -0.2) is 54.0 Å². The molecule has 0 spiro atoms. The molecule has 0 aliphatic carbocycles. The number of amides is 1. The van der Waals surface area contributed by atoms with Crippen LogP contribution < -0.4 is 10.6 Å². The summed E-state index contributed by atoms with van der Waals surface area (Å²) in [5, 5.41) is 5.98. The SMILES string of the molecule is CCS(=O)CCNC(=O)CC1COCCN1. The summed E-state index contributed by atoms with van der Waals surface area (Å²) in [4.78, 5) is 11.5. The van der Waals surface area contributed by atoms with Gasteiger partial charge in [0.05, 0.1) is 13.2 Å². The fourth-order valence-electron chi connectivity index (χ4n) is 1.50. The van der Waals surface area contributed by atoms with Gasteiger partial charge in [0.15, 0.2) is 0 Å². The third kappa shape index (κ3) is 5.58. The minimum absolute atomic E-state index is 0.00361. The Morgan fingerprint density at radius 1 is 1.62 bits per heavy atom. The van der Waals surface area contributed by atoms with Gasteiger partial charge in [-0.25, -0.2) is 0 Å². The maximum absolute atomic E-state index is 11.5. The topological polar surface area (TPSA) is 67.4 Å². The first-order valence-corrected chi connectivity index (χ1v) is 7.14. The molecule has 6 heteroatoms. The average molecular weight is 248 g/mol. The predicted octanol–water partition coefficient (Wildman–Crippen LogP) is -0.750. The normalized spacial score (nSPS) is 22.7. The van der Waals surface area contributed by atoms with E-state index < -0.39 is 10.8 Å². The Labute approximate surface area is 98.8 Å². The molecule has 1 heterocycles. The fraction of sp³-hybridized carbons (Fsp3) is 0.900. The van der Waals surface area contributed by atoms with Gasteiger partial charge in [-0.3, -0.25) is 9.00 Å². The summed E-state index contributed by atoms with van der Waals surface area (Å²) in [7, 11) is -0.805. The van der Waals surface area contributed by atoms with Crippen LogP contribution >= 0.6 is 0 Å². The number of hydrogen-bond donors (Lipinski definition) is 2. The summed E-state index contributed by atoms with van der Waals surface area (Å²) in [6.07, 6.45) is 0.429. The summed E-state index contributed by atoms with van der Waals surface area (Å²) in [6, 6.07) is 0.116. The summed E-state index contributed by atoms with van der Waals surface area (Å²) >= 11 is 0. The Morgan fingerprint density at radius 2 is 2.44 bits per heavy atom. The van der Waals surface area contributed by atoms with E-state index >= 15 is 0 Å². The molecule has 0 radical (unpaired) electrons. The fourth-order valence-corrected chi connectivity index (χ4v) is 2.11. The molecule has 0 aromatic carbocycles. The molecule has 0 bridgehead atoms. The molecule has 0 saturated carbocycles. The Kier molecular flexibility index (Phi) is 6.59. The Balaban J connectivity index is 2.08. The standard InChI is InChI=1S/C10H20N2O3S/c1-2-16(14)6-4-12-10(13)7-9-8-15-5-3-11-9/h9,11H,2-8H2,1H3,(H,12,13). The van der Waals surface area contributed by atoms with Crippen molar-refractivity contribution in [3.8, 4) is 0 Å². The highest BCUT2D eigenvalue weighted by Gasteiger charge is 2.16. The third-order valence-corrected chi connectivity index (χ3v) is 3.71. The number of ether oxygens (including phenoxy) is 1. The second-order valence-corrected chi connectivity index (χ2v) is 5.58. The van der Waals surface area contributed by atoms with Gasteiger partial charge in [0.2, 0.25) is 5.91 Å². The molecule has 0 aromatic rings. The van der Waals surface area contributed by atoms with E-state index in [1.807, 2.05) is 6.92 Å². The largest absolute Gasteiger partial charge is 0.378 e. The van der Waals surface area contributed by atoms with Crippen molar-refractivity contribution in [3.05, 3.63) is 0 Å².